The summed E-state index contributed by atoms with van der Waals surface area (Å²) in [6.45, 7) is 9.20. The normalized spacial score (nSPS) is 9.97. The Kier molecular flexibility index (Phi) is 26.0. The van der Waals surface area contributed by atoms with Gasteiger partial charge in [0.2, 0.25) is 0 Å². The van der Waals surface area contributed by atoms with Gasteiger partial charge in [0.25, 0.3) is 0 Å². The van der Waals surface area contributed by atoms with E-state index in [-0.39, 0.29) is 5.97 Å². The summed E-state index contributed by atoms with van der Waals surface area (Å²) in [6.07, 6.45) is 23.8. The minimum absolute atomic E-state index is 0.254. The highest BCUT2D eigenvalue weighted by Crippen LogP contribution is 2.15. The molecule has 0 rings (SSSR count). The van der Waals surface area contributed by atoms with E-state index >= 15 is 0 Å². The molecule has 0 aliphatic heterocycles. The van der Waals surface area contributed by atoms with Gasteiger partial charge in [0, 0.05) is 11.6 Å². The molecule has 0 radical (unpaired) electrons. The Morgan fingerprint density at radius 3 is 1.30 bits per heavy atom. The number of carbonyl (C=O) groups is 2. The SMILES string of the molecule is C=C(CCCCCCCCCCCCCCCCCC)C(=O)OC.C=CC(=O)OC. The van der Waals surface area contributed by atoms with Gasteiger partial charge in [-0.3, -0.25) is 0 Å². The summed E-state index contributed by atoms with van der Waals surface area (Å²) in [5.74, 6) is -0.647. The van der Waals surface area contributed by atoms with Gasteiger partial charge < -0.3 is 9.47 Å². The lowest BCUT2D eigenvalue weighted by Crippen LogP contribution is -2.03. The molecule has 0 atom stereocenters. The maximum atomic E-state index is 11.2. The van der Waals surface area contributed by atoms with Crippen LogP contribution in [0.3, 0.4) is 0 Å². The second-order valence-electron chi connectivity index (χ2n) is 7.88. The number of rotatable bonds is 19. The molecule has 0 aromatic rings. The van der Waals surface area contributed by atoms with Crippen LogP contribution in [0.4, 0.5) is 0 Å². The summed E-state index contributed by atoms with van der Waals surface area (Å²) < 4.78 is 8.80. The Labute approximate surface area is 186 Å². The zero-order chi connectivity index (χ0) is 22.9. The summed E-state index contributed by atoms with van der Waals surface area (Å²) in [7, 11) is 2.73. The van der Waals surface area contributed by atoms with E-state index in [1.807, 2.05) is 0 Å². The minimum atomic E-state index is -0.394. The second-order valence-corrected chi connectivity index (χ2v) is 7.88. The molecule has 0 saturated heterocycles. The molecule has 0 aromatic carbocycles. The van der Waals surface area contributed by atoms with Crippen molar-refractivity contribution in [3.8, 4) is 0 Å². The van der Waals surface area contributed by atoms with E-state index in [0.717, 1.165) is 18.9 Å². The van der Waals surface area contributed by atoms with Crippen LogP contribution in [0.15, 0.2) is 24.8 Å². The number of methoxy groups -OCH3 is 2. The number of ether oxygens (including phenoxy) is 2. The van der Waals surface area contributed by atoms with Crippen LogP contribution in [0.1, 0.15) is 116 Å². The van der Waals surface area contributed by atoms with Gasteiger partial charge in [-0.05, 0) is 12.8 Å². The molecule has 0 spiro atoms. The predicted octanol–water partition coefficient (Wildman–Crippen LogP) is 7.71. The van der Waals surface area contributed by atoms with Crippen molar-refractivity contribution in [1.82, 2.24) is 0 Å². The number of esters is 2. The Balaban J connectivity index is 0. The summed E-state index contributed by atoms with van der Waals surface area (Å²) in [4.78, 5) is 21.0. The molecule has 0 N–H and O–H groups in total. The van der Waals surface area contributed by atoms with Crippen molar-refractivity contribution in [3.63, 3.8) is 0 Å². The Morgan fingerprint density at radius 1 is 0.667 bits per heavy atom. The molecule has 0 aliphatic rings. The number of hydrogen-bond acceptors (Lipinski definition) is 4. The van der Waals surface area contributed by atoms with Gasteiger partial charge in [-0.25, -0.2) is 9.59 Å². The van der Waals surface area contributed by atoms with Crippen molar-refractivity contribution < 1.29 is 19.1 Å². The number of hydrogen-bond donors (Lipinski definition) is 0. The first-order valence-electron chi connectivity index (χ1n) is 12.0. The molecule has 176 valence electrons. The van der Waals surface area contributed by atoms with Crippen molar-refractivity contribution in [2.75, 3.05) is 14.2 Å². The zero-order valence-corrected chi connectivity index (χ0v) is 20.1. The highest BCUT2D eigenvalue weighted by Gasteiger charge is 2.05. The van der Waals surface area contributed by atoms with Crippen LogP contribution in [-0.4, -0.2) is 26.2 Å². The zero-order valence-electron chi connectivity index (χ0n) is 20.1. The molecule has 4 nitrogen and oxygen atoms in total. The van der Waals surface area contributed by atoms with Gasteiger partial charge in [0.05, 0.1) is 14.2 Å². The lowest BCUT2D eigenvalue weighted by Gasteiger charge is -2.04. The lowest BCUT2D eigenvalue weighted by atomic mass is 10.0. The highest BCUT2D eigenvalue weighted by atomic mass is 16.5. The van der Waals surface area contributed by atoms with E-state index in [2.05, 4.69) is 29.6 Å². The third kappa shape index (κ3) is 24.5. The van der Waals surface area contributed by atoms with Crippen molar-refractivity contribution >= 4 is 11.9 Å². The summed E-state index contributed by atoms with van der Waals surface area (Å²) in [6, 6.07) is 0. The molecular formula is C26H48O4. The van der Waals surface area contributed by atoms with E-state index in [9.17, 15) is 9.59 Å². The number of unbranched alkanes of at least 4 members (excludes halogenated alkanes) is 15. The van der Waals surface area contributed by atoms with E-state index in [1.165, 1.54) is 111 Å². The molecule has 0 aromatic heterocycles. The summed E-state index contributed by atoms with van der Waals surface area (Å²) in [5.41, 5.74) is 0.614. The second kappa shape index (κ2) is 25.5. The van der Waals surface area contributed by atoms with Crippen molar-refractivity contribution in [3.05, 3.63) is 24.8 Å². The minimum Gasteiger partial charge on any atom is -0.466 e. The first-order valence-corrected chi connectivity index (χ1v) is 12.0. The third-order valence-electron chi connectivity index (χ3n) is 5.17. The lowest BCUT2D eigenvalue weighted by molar-refractivity contribution is -0.136. The molecule has 4 heteroatoms. The third-order valence-corrected chi connectivity index (χ3v) is 5.17. The fraction of sp³-hybridized carbons (Fsp3) is 0.769. The van der Waals surface area contributed by atoms with Crippen molar-refractivity contribution in [2.45, 2.75) is 116 Å². The maximum absolute atomic E-state index is 11.2. The largest absolute Gasteiger partial charge is 0.466 e. The average Bonchev–Trinajstić information content (AvgIpc) is 2.77. The molecule has 0 bridgehead atoms. The molecule has 0 fully saturated rings. The van der Waals surface area contributed by atoms with Gasteiger partial charge in [-0.1, -0.05) is 116 Å². The molecule has 0 amide bonds. The smallest absolute Gasteiger partial charge is 0.333 e. The Morgan fingerprint density at radius 2 is 1.03 bits per heavy atom. The van der Waals surface area contributed by atoms with E-state index < -0.39 is 5.97 Å². The monoisotopic (exact) mass is 424 g/mol. The summed E-state index contributed by atoms with van der Waals surface area (Å²) >= 11 is 0. The standard InChI is InChI=1S/C22H42O2.C4H6O2/c1-4-5-6-7-8-9-10-11-12-13-14-15-16-17-18-19-20-21(2)22(23)24-3;1-3-4(5)6-2/h2,4-20H2,1,3H3;3H,1H2,2H3. The molecule has 0 aliphatic carbocycles. The van der Waals surface area contributed by atoms with E-state index in [0.29, 0.717) is 5.57 Å². The van der Waals surface area contributed by atoms with Crippen LogP contribution in [0.25, 0.3) is 0 Å². The molecule has 30 heavy (non-hydrogen) atoms. The Bertz CT molecular complexity index is 429. The fourth-order valence-corrected chi connectivity index (χ4v) is 3.22. The number of carbonyl (C=O) groups excluding carboxylic acids is 2. The van der Waals surface area contributed by atoms with E-state index in [1.54, 1.807) is 0 Å². The van der Waals surface area contributed by atoms with Gasteiger partial charge in [-0.15, -0.1) is 0 Å². The first kappa shape index (κ1) is 30.6. The topological polar surface area (TPSA) is 52.6 Å². The van der Waals surface area contributed by atoms with Crippen LogP contribution in [0, 0.1) is 0 Å². The van der Waals surface area contributed by atoms with E-state index in [4.69, 9.17) is 0 Å². The molecule has 0 saturated carbocycles. The first-order chi connectivity index (χ1) is 14.5. The Hall–Kier alpha value is -1.58. The summed E-state index contributed by atoms with van der Waals surface area (Å²) in [5, 5.41) is 0. The van der Waals surface area contributed by atoms with Crippen LogP contribution >= 0.6 is 0 Å². The molecule has 0 heterocycles. The van der Waals surface area contributed by atoms with Crippen LogP contribution in [0.2, 0.25) is 0 Å². The van der Waals surface area contributed by atoms with Gasteiger partial charge >= 0.3 is 11.9 Å². The van der Waals surface area contributed by atoms with Crippen LogP contribution < -0.4 is 0 Å². The van der Waals surface area contributed by atoms with Crippen molar-refractivity contribution in [2.24, 2.45) is 0 Å². The van der Waals surface area contributed by atoms with Gasteiger partial charge in [0.1, 0.15) is 0 Å². The quantitative estimate of drug-likeness (QED) is 0.121. The fourth-order valence-electron chi connectivity index (χ4n) is 3.22. The predicted molar refractivity (Wildman–Crippen MR) is 128 cm³/mol. The van der Waals surface area contributed by atoms with Crippen LogP contribution in [-0.2, 0) is 19.1 Å². The molecule has 0 unspecified atom stereocenters. The molecular weight excluding hydrogens is 376 g/mol. The van der Waals surface area contributed by atoms with Gasteiger partial charge in [-0.2, -0.15) is 0 Å². The average molecular weight is 425 g/mol. The maximum Gasteiger partial charge on any atom is 0.333 e. The highest BCUT2D eigenvalue weighted by molar-refractivity contribution is 5.87. The van der Waals surface area contributed by atoms with Crippen molar-refractivity contribution in [1.29, 1.82) is 0 Å². The van der Waals surface area contributed by atoms with Crippen LogP contribution in [0.5, 0.6) is 0 Å². The van der Waals surface area contributed by atoms with Gasteiger partial charge in [0.15, 0.2) is 0 Å².